The van der Waals surface area contributed by atoms with Crippen molar-refractivity contribution < 1.29 is 9.59 Å². The molecule has 18 heavy (non-hydrogen) atoms. The number of nitrogens with zero attached hydrogens (tertiary/aromatic N) is 3. The highest BCUT2D eigenvalue weighted by atomic mass is 16.2. The topological polar surface area (TPSA) is 105 Å². The van der Waals surface area contributed by atoms with Crippen LogP contribution in [0.4, 0.5) is 0 Å². The van der Waals surface area contributed by atoms with Crippen LogP contribution in [-0.4, -0.2) is 44.5 Å². The van der Waals surface area contributed by atoms with Gasteiger partial charge in [-0.05, 0) is 25.7 Å². The summed E-state index contributed by atoms with van der Waals surface area (Å²) in [7, 11) is 0. The van der Waals surface area contributed by atoms with E-state index in [1.54, 1.807) is 0 Å². The second kappa shape index (κ2) is 4.08. The predicted octanol–water partition coefficient (Wildman–Crippen LogP) is -0.228. The van der Waals surface area contributed by atoms with Crippen molar-refractivity contribution in [1.29, 1.82) is 0 Å². The van der Waals surface area contributed by atoms with E-state index in [1.165, 1.54) is 4.90 Å². The molecule has 1 aliphatic carbocycles. The number of primary amides is 1. The van der Waals surface area contributed by atoms with E-state index < -0.39 is 11.9 Å². The zero-order valence-electron chi connectivity index (χ0n) is 9.93. The maximum Gasteiger partial charge on any atom is 0.294 e. The van der Waals surface area contributed by atoms with Gasteiger partial charge in [0.15, 0.2) is 0 Å². The Balaban J connectivity index is 1.78. The van der Waals surface area contributed by atoms with E-state index in [0.29, 0.717) is 18.9 Å². The highest BCUT2D eigenvalue weighted by molar-refractivity contribution is 5.94. The third-order valence-corrected chi connectivity index (χ3v) is 3.50. The summed E-state index contributed by atoms with van der Waals surface area (Å²) in [5, 5.41) is 6.73. The number of nitrogens with one attached hydrogen (secondary N) is 1. The maximum absolute atomic E-state index is 12.2. The molecule has 0 spiro atoms. The summed E-state index contributed by atoms with van der Waals surface area (Å²) in [4.78, 5) is 29.1. The first-order chi connectivity index (χ1) is 8.66. The molecule has 1 unspecified atom stereocenters. The van der Waals surface area contributed by atoms with Gasteiger partial charge in [0.25, 0.3) is 5.91 Å². The van der Waals surface area contributed by atoms with Crippen LogP contribution in [0.1, 0.15) is 48.0 Å². The van der Waals surface area contributed by atoms with Gasteiger partial charge < -0.3 is 10.6 Å². The fourth-order valence-electron chi connectivity index (χ4n) is 2.34. The summed E-state index contributed by atoms with van der Waals surface area (Å²) >= 11 is 0. The molecule has 1 aromatic rings. The van der Waals surface area contributed by atoms with Crippen LogP contribution in [0.25, 0.3) is 0 Å². The minimum absolute atomic E-state index is 0.144. The Bertz CT molecular complexity index is 493. The Hall–Kier alpha value is -1.92. The highest BCUT2D eigenvalue weighted by Crippen LogP contribution is 2.37. The number of likely N-dealkylation sites (tertiary alicyclic amines) is 1. The van der Waals surface area contributed by atoms with Crippen LogP contribution in [0.15, 0.2) is 0 Å². The van der Waals surface area contributed by atoms with Crippen molar-refractivity contribution in [3.63, 3.8) is 0 Å². The van der Waals surface area contributed by atoms with Crippen LogP contribution in [0.3, 0.4) is 0 Å². The number of aromatic nitrogens is 3. The molecule has 2 amide bonds. The summed E-state index contributed by atoms with van der Waals surface area (Å²) in [5.74, 6) is 0.570. The molecule has 1 saturated carbocycles. The van der Waals surface area contributed by atoms with Crippen molar-refractivity contribution in [3.05, 3.63) is 11.6 Å². The van der Waals surface area contributed by atoms with E-state index >= 15 is 0 Å². The fourth-order valence-corrected chi connectivity index (χ4v) is 2.34. The number of nitrogens with two attached hydrogens (primary N) is 1. The lowest BCUT2D eigenvalue weighted by Gasteiger charge is -2.20. The smallest absolute Gasteiger partial charge is 0.294 e. The molecular formula is C11H15N5O2. The fraction of sp³-hybridized carbons (Fsp3) is 0.636. The van der Waals surface area contributed by atoms with Crippen molar-refractivity contribution >= 4 is 11.8 Å². The number of carbonyl (C=O) groups is 2. The van der Waals surface area contributed by atoms with E-state index in [1.807, 2.05) is 0 Å². The van der Waals surface area contributed by atoms with Crippen LogP contribution >= 0.6 is 0 Å². The van der Waals surface area contributed by atoms with Gasteiger partial charge in [-0.15, -0.1) is 5.10 Å². The molecule has 0 radical (unpaired) electrons. The Labute approximate surface area is 104 Å². The molecule has 3 N–H and O–H groups in total. The van der Waals surface area contributed by atoms with Crippen molar-refractivity contribution in [3.8, 4) is 0 Å². The summed E-state index contributed by atoms with van der Waals surface area (Å²) in [6.45, 7) is 0.541. The summed E-state index contributed by atoms with van der Waals surface area (Å²) in [5.41, 5.74) is 5.29. The minimum atomic E-state index is -0.514. The van der Waals surface area contributed by atoms with Crippen molar-refractivity contribution in [1.82, 2.24) is 20.1 Å². The number of carbonyl (C=O) groups excluding carboxylic acids is 2. The molecule has 1 atom stereocenters. The minimum Gasteiger partial charge on any atom is -0.368 e. The van der Waals surface area contributed by atoms with E-state index in [2.05, 4.69) is 15.2 Å². The molecule has 96 valence electrons. The van der Waals surface area contributed by atoms with E-state index in [4.69, 9.17) is 5.73 Å². The molecule has 1 aromatic heterocycles. The molecule has 2 aliphatic rings. The Morgan fingerprint density at radius 1 is 1.33 bits per heavy atom. The number of amides is 2. The van der Waals surface area contributed by atoms with E-state index in [-0.39, 0.29) is 11.7 Å². The number of hydrogen-bond acceptors (Lipinski definition) is 4. The third kappa shape index (κ3) is 1.85. The standard InChI is InChI=1S/C11H15N5O2/c12-8(17)7-2-1-5-16(7)11(18)10-13-9(14-15-10)6-3-4-6/h6-7H,1-5H2,(H2,12,17)(H,13,14,15). The van der Waals surface area contributed by atoms with Gasteiger partial charge in [0.05, 0.1) is 0 Å². The molecule has 2 fully saturated rings. The lowest BCUT2D eigenvalue weighted by molar-refractivity contribution is -0.121. The molecule has 1 aliphatic heterocycles. The Morgan fingerprint density at radius 3 is 2.78 bits per heavy atom. The van der Waals surface area contributed by atoms with Crippen LogP contribution < -0.4 is 5.73 Å². The lowest BCUT2D eigenvalue weighted by atomic mass is 10.2. The quantitative estimate of drug-likeness (QED) is 0.772. The molecule has 1 saturated heterocycles. The normalized spacial score (nSPS) is 23.3. The maximum atomic E-state index is 12.2. The van der Waals surface area contributed by atoms with Gasteiger partial charge in [-0.25, -0.2) is 4.98 Å². The molecular weight excluding hydrogens is 234 g/mol. The second-order valence-electron chi connectivity index (χ2n) is 4.88. The average Bonchev–Trinajstić information content (AvgIpc) is 2.92. The molecule has 0 aromatic carbocycles. The highest BCUT2D eigenvalue weighted by Gasteiger charge is 2.35. The zero-order chi connectivity index (χ0) is 12.7. The van der Waals surface area contributed by atoms with E-state index in [0.717, 1.165) is 25.1 Å². The van der Waals surface area contributed by atoms with Gasteiger partial charge in [-0.1, -0.05) is 0 Å². The van der Waals surface area contributed by atoms with Gasteiger partial charge in [-0.2, -0.15) is 0 Å². The number of rotatable bonds is 3. The van der Waals surface area contributed by atoms with Gasteiger partial charge in [0, 0.05) is 12.5 Å². The molecule has 2 heterocycles. The monoisotopic (exact) mass is 249 g/mol. The number of aromatic amines is 1. The summed E-state index contributed by atoms with van der Waals surface area (Å²) in [6, 6.07) is -0.514. The van der Waals surface area contributed by atoms with Crippen molar-refractivity contribution in [2.45, 2.75) is 37.6 Å². The molecule has 0 bridgehead atoms. The first-order valence-corrected chi connectivity index (χ1v) is 6.19. The first kappa shape index (κ1) is 11.2. The first-order valence-electron chi connectivity index (χ1n) is 6.19. The van der Waals surface area contributed by atoms with Crippen LogP contribution in [0.2, 0.25) is 0 Å². The van der Waals surface area contributed by atoms with Gasteiger partial charge in [-0.3, -0.25) is 14.7 Å². The zero-order valence-corrected chi connectivity index (χ0v) is 9.93. The second-order valence-corrected chi connectivity index (χ2v) is 4.88. The van der Waals surface area contributed by atoms with Crippen molar-refractivity contribution in [2.75, 3.05) is 6.54 Å². The molecule has 3 rings (SSSR count). The Morgan fingerprint density at radius 2 is 2.11 bits per heavy atom. The third-order valence-electron chi connectivity index (χ3n) is 3.50. The molecule has 7 nitrogen and oxygen atoms in total. The van der Waals surface area contributed by atoms with E-state index in [9.17, 15) is 9.59 Å². The van der Waals surface area contributed by atoms with Gasteiger partial charge >= 0.3 is 0 Å². The lowest BCUT2D eigenvalue weighted by Crippen LogP contribution is -2.44. The predicted molar refractivity (Wildman–Crippen MR) is 61.6 cm³/mol. The van der Waals surface area contributed by atoms with Gasteiger partial charge in [0.2, 0.25) is 11.7 Å². The number of hydrogen-bond donors (Lipinski definition) is 2. The van der Waals surface area contributed by atoms with Crippen molar-refractivity contribution in [2.24, 2.45) is 5.73 Å². The van der Waals surface area contributed by atoms with Crippen LogP contribution in [0, 0.1) is 0 Å². The largest absolute Gasteiger partial charge is 0.368 e. The number of H-pyrrole nitrogens is 1. The Kier molecular flexibility index (Phi) is 2.53. The van der Waals surface area contributed by atoms with Gasteiger partial charge in [0.1, 0.15) is 11.9 Å². The summed E-state index contributed by atoms with van der Waals surface area (Å²) < 4.78 is 0. The molecule has 7 heteroatoms. The summed E-state index contributed by atoms with van der Waals surface area (Å²) in [6.07, 6.45) is 3.60. The average molecular weight is 249 g/mol. The van der Waals surface area contributed by atoms with Crippen LogP contribution in [-0.2, 0) is 4.79 Å². The van der Waals surface area contributed by atoms with Crippen LogP contribution in [0.5, 0.6) is 0 Å². The SMILES string of the molecule is NC(=O)C1CCCN1C(=O)c1n[nH]c(C2CC2)n1.